The summed E-state index contributed by atoms with van der Waals surface area (Å²) in [6.45, 7) is 4.04. The van der Waals surface area contributed by atoms with Crippen LogP contribution in [-0.2, 0) is 14.3 Å². The Morgan fingerprint density at radius 2 is 2.06 bits per heavy atom. The minimum Gasteiger partial charge on any atom is -0.382 e. The fraction of sp³-hybridized carbons (Fsp3) is 0.923. The predicted molar refractivity (Wildman–Crippen MR) is 70.3 cm³/mol. The minimum atomic E-state index is -0.183. The number of rotatable bonds is 8. The van der Waals surface area contributed by atoms with Gasteiger partial charge < -0.3 is 14.4 Å². The molecule has 1 fully saturated rings. The molecule has 106 valence electrons. The summed E-state index contributed by atoms with van der Waals surface area (Å²) in [4.78, 5) is 13.0. The van der Waals surface area contributed by atoms with Gasteiger partial charge in [-0.1, -0.05) is 0 Å². The molecule has 1 amide bonds. The van der Waals surface area contributed by atoms with E-state index < -0.39 is 0 Å². The summed E-state index contributed by atoms with van der Waals surface area (Å²) in [6.07, 6.45) is 5.08. The number of carbonyl (C=O) groups excluding carboxylic acids is 1. The largest absolute Gasteiger partial charge is 0.382 e. The molecule has 0 bridgehead atoms. The van der Waals surface area contributed by atoms with Gasteiger partial charge in [0.25, 0.3) is 0 Å². The molecule has 0 atom stereocenters. The van der Waals surface area contributed by atoms with Crippen LogP contribution in [0.1, 0.15) is 32.6 Å². The first-order valence-corrected chi connectivity index (χ1v) is 6.74. The van der Waals surface area contributed by atoms with E-state index >= 15 is 0 Å². The van der Waals surface area contributed by atoms with Crippen LogP contribution in [0.5, 0.6) is 0 Å². The van der Waals surface area contributed by atoms with Crippen molar-refractivity contribution < 1.29 is 14.3 Å². The molecular formula is C13H26N2O3. The lowest BCUT2D eigenvalue weighted by molar-refractivity contribution is -0.128. The third kappa shape index (κ3) is 3.67. The molecule has 1 aliphatic carbocycles. The van der Waals surface area contributed by atoms with Crippen LogP contribution in [0.15, 0.2) is 0 Å². The molecule has 5 nitrogen and oxygen atoms in total. The van der Waals surface area contributed by atoms with E-state index in [0.717, 1.165) is 38.6 Å². The first kappa shape index (κ1) is 15.4. The SMILES string of the molecule is CCN(C=O)C1(NC)CCC(OCCOC)CC1. The molecule has 0 spiro atoms. The number of carbonyl (C=O) groups is 1. The summed E-state index contributed by atoms with van der Waals surface area (Å²) in [5.74, 6) is 0. The molecule has 1 rings (SSSR count). The quantitative estimate of drug-likeness (QED) is 0.401. The Labute approximate surface area is 110 Å². The maximum absolute atomic E-state index is 11.1. The summed E-state index contributed by atoms with van der Waals surface area (Å²) in [6, 6.07) is 0. The number of methoxy groups -OCH3 is 1. The third-order valence-electron chi connectivity index (χ3n) is 3.88. The predicted octanol–water partition coefficient (Wildman–Crippen LogP) is 0.986. The average molecular weight is 258 g/mol. The molecule has 0 heterocycles. The number of hydrogen-bond donors (Lipinski definition) is 1. The molecule has 1 N–H and O–H groups in total. The van der Waals surface area contributed by atoms with E-state index in [1.807, 2.05) is 18.9 Å². The topological polar surface area (TPSA) is 50.8 Å². The molecule has 0 aliphatic heterocycles. The van der Waals surface area contributed by atoms with Gasteiger partial charge in [0.05, 0.1) is 25.0 Å². The van der Waals surface area contributed by atoms with Crippen LogP contribution in [-0.4, -0.2) is 57.0 Å². The first-order chi connectivity index (χ1) is 8.72. The lowest BCUT2D eigenvalue weighted by Crippen LogP contribution is -2.59. The minimum absolute atomic E-state index is 0.183. The van der Waals surface area contributed by atoms with Crippen molar-refractivity contribution in [3.63, 3.8) is 0 Å². The van der Waals surface area contributed by atoms with Gasteiger partial charge >= 0.3 is 0 Å². The fourth-order valence-corrected chi connectivity index (χ4v) is 2.69. The average Bonchev–Trinajstić information content (AvgIpc) is 2.42. The summed E-state index contributed by atoms with van der Waals surface area (Å²) >= 11 is 0. The van der Waals surface area contributed by atoms with Gasteiger partial charge in [-0.25, -0.2) is 0 Å². The highest BCUT2D eigenvalue weighted by Crippen LogP contribution is 2.31. The molecule has 1 saturated carbocycles. The van der Waals surface area contributed by atoms with E-state index in [-0.39, 0.29) is 5.66 Å². The molecular weight excluding hydrogens is 232 g/mol. The summed E-state index contributed by atoms with van der Waals surface area (Å²) < 4.78 is 10.7. The molecule has 0 saturated heterocycles. The summed E-state index contributed by atoms with van der Waals surface area (Å²) in [7, 11) is 3.61. The van der Waals surface area contributed by atoms with Crippen molar-refractivity contribution in [2.75, 3.05) is 33.9 Å². The summed E-state index contributed by atoms with van der Waals surface area (Å²) in [5.41, 5.74) is -0.183. The molecule has 0 aromatic carbocycles. The monoisotopic (exact) mass is 258 g/mol. The maximum Gasteiger partial charge on any atom is 0.211 e. The van der Waals surface area contributed by atoms with Gasteiger partial charge in [-0.2, -0.15) is 0 Å². The standard InChI is InChI=1S/C13H26N2O3/c1-4-15(11-16)13(14-2)7-5-12(6-8-13)18-10-9-17-3/h11-12,14H,4-10H2,1-3H3. The van der Waals surface area contributed by atoms with Gasteiger partial charge in [-0.15, -0.1) is 0 Å². The van der Waals surface area contributed by atoms with Crippen molar-refractivity contribution in [2.24, 2.45) is 0 Å². The van der Waals surface area contributed by atoms with Crippen molar-refractivity contribution in [3.8, 4) is 0 Å². The van der Waals surface area contributed by atoms with Crippen LogP contribution >= 0.6 is 0 Å². The molecule has 1 aliphatic rings. The maximum atomic E-state index is 11.1. The highest BCUT2D eigenvalue weighted by Gasteiger charge is 2.38. The Morgan fingerprint density at radius 1 is 1.39 bits per heavy atom. The Morgan fingerprint density at radius 3 is 2.50 bits per heavy atom. The van der Waals surface area contributed by atoms with Crippen LogP contribution in [0.4, 0.5) is 0 Å². The highest BCUT2D eigenvalue weighted by atomic mass is 16.5. The van der Waals surface area contributed by atoms with Gasteiger partial charge in [-0.3, -0.25) is 10.1 Å². The van der Waals surface area contributed by atoms with Crippen LogP contribution in [0.3, 0.4) is 0 Å². The van der Waals surface area contributed by atoms with Gasteiger partial charge in [0.1, 0.15) is 0 Å². The van der Waals surface area contributed by atoms with Crippen molar-refractivity contribution >= 4 is 6.41 Å². The Kier molecular flexibility index (Phi) is 6.60. The zero-order chi connectivity index (χ0) is 13.4. The van der Waals surface area contributed by atoms with E-state index in [1.165, 1.54) is 0 Å². The van der Waals surface area contributed by atoms with Crippen LogP contribution in [0.2, 0.25) is 0 Å². The number of nitrogens with zero attached hydrogens (tertiary/aromatic N) is 1. The fourth-order valence-electron chi connectivity index (χ4n) is 2.69. The van der Waals surface area contributed by atoms with Crippen LogP contribution < -0.4 is 5.32 Å². The van der Waals surface area contributed by atoms with Crippen molar-refractivity contribution in [1.82, 2.24) is 10.2 Å². The lowest BCUT2D eigenvalue weighted by Gasteiger charge is -2.46. The van der Waals surface area contributed by atoms with Crippen molar-refractivity contribution in [2.45, 2.75) is 44.4 Å². The third-order valence-corrected chi connectivity index (χ3v) is 3.88. The van der Waals surface area contributed by atoms with E-state index in [1.54, 1.807) is 7.11 Å². The number of nitrogens with one attached hydrogen (secondary N) is 1. The molecule has 0 radical (unpaired) electrons. The Hall–Kier alpha value is -0.650. The van der Waals surface area contributed by atoms with Crippen molar-refractivity contribution in [3.05, 3.63) is 0 Å². The van der Waals surface area contributed by atoms with Crippen LogP contribution in [0, 0.1) is 0 Å². The van der Waals surface area contributed by atoms with Gasteiger partial charge in [0, 0.05) is 13.7 Å². The Bertz CT molecular complexity index is 240. The second-order valence-electron chi connectivity index (χ2n) is 4.74. The smallest absolute Gasteiger partial charge is 0.211 e. The lowest BCUT2D eigenvalue weighted by atomic mass is 9.86. The van der Waals surface area contributed by atoms with Crippen LogP contribution in [0.25, 0.3) is 0 Å². The normalized spacial score (nSPS) is 28.1. The zero-order valence-electron chi connectivity index (χ0n) is 11.8. The zero-order valence-corrected chi connectivity index (χ0v) is 11.8. The van der Waals surface area contributed by atoms with E-state index in [9.17, 15) is 4.79 Å². The second-order valence-corrected chi connectivity index (χ2v) is 4.74. The van der Waals surface area contributed by atoms with E-state index in [0.29, 0.717) is 19.3 Å². The summed E-state index contributed by atoms with van der Waals surface area (Å²) in [5, 5.41) is 3.32. The molecule has 5 heteroatoms. The second kappa shape index (κ2) is 7.71. The Balaban J connectivity index is 2.46. The molecule has 18 heavy (non-hydrogen) atoms. The van der Waals surface area contributed by atoms with Gasteiger partial charge in [0.2, 0.25) is 6.41 Å². The first-order valence-electron chi connectivity index (χ1n) is 6.74. The molecule has 0 aromatic heterocycles. The van der Waals surface area contributed by atoms with E-state index in [4.69, 9.17) is 9.47 Å². The number of amides is 1. The highest BCUT2D eigenvalue weighted by molar-refractivity contribution is 5.48. The van der Waals surface area contributed by atoms with Gasteiger partial charge in [-0.05, 0) is 39.7 Å². The van der Waals surface area contributed by atoms with Crippen molar-refractivity contribution in [1.29, 1.82) is 0 Å². The molecule has 0 unspecified atom stereocenters. The number of ether oxygens (including phenoxy) is 2. The molecule has 0 aromatic rings. The van der Waals surface area contributed by atoms with E-state index in [2.05, 4.69) is 5.32 Å². The number of hydrogen-bond acceptors (Lipinski definition) is 4. The van der Waals surface area contributed by atoms with Gasteiger partial charge in [0.15, 0.2) is 0 Å².